The molecule has 92 valence electrons. The highest BCUT2D eigenvalue weighted by atomic mass is 16.5. The molecule has 0 amide bonds. The number of ether oxygens (including phenoxy) is 1. The highest BCUT2D eigenvalue weighted by molar-refractivity contribution is 5.79. The third kappa shape index (κ3) is 2.23. The van der Waals surface area contributed by atoms with Crippen molar-refractivity contribution in [1.29, 1.82) is 0 Å². The predicted molar refractivity (Wildman–Crippen MR) is 60.5 cm³/mol. The van der Waals surface area contributed by atoms with Crippen molar-refractivity contribution >= 4 is 5.97 Å². The zero-order valence-corrected chi connectivity index (χ0v) is 9.78. The molecule has 4 nitrogen and oxygen atoms in total. The Bertz CT molecular complexity index is 241. The van der Waals surface area contributed by atoms with E-state index in [1.165, 1.54) is 6.42 Å². The summed E-state index contributed by atoms with van der Waals surface area (Å²) in [6.07, 6.45) is 5.84. The van der Waals surface area contributed by atoms with E-state index in [1.54, 1.807) is 0 Å². The minimum Gasteiger partial charge on any atom is -0.480 e. The Hall–Kier alpha value is -0.610. The maximum absolute atomic E-state index is 11.6. The number of nitrogens with zero attached hydrogens (tertiary/aromatic N) is 1. The van der Waals surface area contributed by atoms with Crippen LogP contribution in [0, 0.1) is 0 Å². The van der Waals surface area contributed by atoms with Gasteiger partial charge in [-0.25, -0.2) is 0 Å². The van der Waals surface area contributed by atoms with Crippen LogP contribution in [0.25, 0.3) is 0 Å². The summed E-state index contributed by atoms with van der Waals surface area (Å²) in [5.74, 6) is -0.630. The fourth-order valence-electron chi connectivity index (χ4n) is 2.98. The molecule has 0 aromatic carbocycles. The van der Waals surface area contributed by atoms with Crippen molar-refractivity contribution in [2.24, 2.45) is 0 Å². The number of carbonyl (C=O) groups is 1. The first-order valence-electron chi connectivity index (χ1n) is 6.32. The largest absolute Gasteiger partial charge is 0.480 e. The molecule has 1 aliphatic heterocycles. The molecule has 0 bridgehead atoms. The fraction of sp³-hybridized carbons (Fsp3) is 0.917. The summed E-state index contributed by atoms with van der Waals surface area (Å²) in [6, 6.07) is 0. The van der Waals surface area contributed by atoms with Crippen LogP contribution >= 0.6 is 0 Å². The van der Waals surface area contributed by atoms with Crippen LogP contribution in [0.4, 0.5) is 0 Å². The van der Waals surface area contributed by atoms with Gasteiger partial charge in [0, 0.05) is 19.7 Å². The zero-order chi connectivity index (χ0) is 11.4. The molecule has 1 N–H and O–H groups in total. The van der Waals surface area contributed by atoms with Crippen LogP contribution < -0.4 is 0 Å². The van der Waals surface area contributed by atoms with Crippen LogP contribution in [-0.4, -0.2) is 47.8 Å². The summed E-state index contributed by atoms with van der Waals surface area (Å²) in [5.41, 5.74) is -0.591. The first-order valence-corrected chi connectivity index (χ1v) is 6.32. The Kier molecular flexibility index (Phi) is 3.82. The average Bonchev–Trinajstić information content (AvgIpc) is 2.58. The number of hydrogen-bond acceptors (Lipinski definition) is 3. The zero-order valence-electron chi connectivity index (χ0n) is 9.78. The van der Waals surface area contributed by atoms with Gasteiger partial charge >= 0.3 is 5.97 Å². The maximum Gasteiger partial charge on any atom is 0.324 e. The second-order valence-corrected chi connectivity index (χ2v) is 4.85. The molecule has 2 rings (SSSR count). The molecule has 1 saturated carbocycles. The van der Waals surface area contributed by atoms with Gasteiger partial charge in [0.1, 0.15) is 5.54 Å². The van der Waals surface area contributed by atoms with E-state index in [0.717, 1.165) is 51.8 Å². The second kappa shape index (κ2) is 5.15. The van der Waals surface area contributed by atoms with E-state index in [-0.39, 0.29) is 0 Å². The SMILES string of the molecule is O=C(O)C1(N2CCCOCC2)CCCCC1. The van der Waals surface area contributed by atoms with Crippen molar-refractivity contribution in [1.82, 2.24) is 4.90 Å². The summed E-state index contributed by atoms with van der Waals surface area (Å²) < 4.78 is 5.41. The van der Waals surface area contributed by atoms with E-state index in [9.17, 15) is 9.90 Å². The number of carboxylic acid groups (broad SMARTS) is 1. The van der Waals surface area contributed by atoms with Crippen molar-refractivity contribution in [2.45, 2.75) is 44.1 Å². The van der Waals surface area contributed by atoms with E-state index in [4.69, 9.17) is 4.74 Å². The number of carboxylic acids is 1. The van der Waals surface area contributed by atoms with Gasteiger partial charge in [0.2, 0.25) is 0 Å². The normalized spacial score (nSPS) is 27.2. The average molecular weight is 227 g/mol. The van der Waals surface area contributed by atoms with Crippen LogP contribution in [-0.2, 0) is 9.53 Å². The van der Waals surface area contributed by atoms with Crippen LogP contribution in [0.1, 0.15) is 38.5 Å². The maximum atomic E-state index is 11.6. The Morgan fingerprint density at radius 2 is 1.81 bits per heavy atom. The van der Waals surface area contributed by atoms with Crippen LogP contribution in [0.15, 0.2) is 0 Å². The molecule has 0 atom stereocenters. The lowest BCUT2D eigenvalue weighted by Crippen LogP contribution is -2.56. The molecular weight excluding hydrogens is 206 g/mol. The van der Waals surface area contributed by atoms with Gasteiger partial charge in [0.05, 0.1) is 6.61 Å². The molecule has 0 unspecified atom stereocenters. The summed E-state index contributed by atoms with van der Waals surface area (Å²) >= 11 is 0. The van der Waals surface area contributed by atoms with Crippen LogP contribution in [0.3, 0.4) is 0 Å². The van der Waals surface area contributed by atoms with Crippen molar-refractivity contribution in [3.05, 3.63) is 0 Å². The molecule has 2 fully saturated rings. The minimum atomic E-state index is -0.630. The van der Waals surface area contributed by atoms with E-state index >= 15 is 0 Å². The number of aliphatic carboxylic acids is 1. The van der Waals surface area contributed by atoms with Gasteiger partial charge in [-0.15, -0.1) is 0 Å². The summed E-state index contributed by atoms with van der Waals surface area (Å²) in [5, 5.41) is 9.55. The Morgan fingerprint density at radius 1 is 1.06 bits per heavy atom. The molecular formula is C12H21NO3. The minimum absolute atomic E-state index is 0.591. The topological polar surface area (TPSA) is 49.8 Å². The lowest BCUT2D eigenvalue weighted by atomic mass is 9.80. The van der Waals surface area contributed by atoms with Crippen molar-refractivity contribution in [3.8, 4) is 0 Å². The van der Waals surface area contributed by atoms with Gasteiger partial charge in [-0.2, -0.15) is 0 Å². The lowest BCUT2D eigenvalue weighted by Gasteiger charge is -2.42. The molecule has 1 heterocycles. The van der Waals surface area contributed by atoms with Gasteiger partial charge in [-0.3, -0.25) is 9.69 Å². The van der Waals surface area contributed by atoms with Crippen LogP contribution in [0.5, 0.6) is 0 Å². The van der Waals surface area contributed by atoms with Gasteiger partial charge in [-0.1, -0.05) is 19.3 Å². The predicted octanol–water partition coefficient (Wildman–Crippen LogP) is 1.50. The molecule has 1 saturated heterocycles. The monoisotopic (exact) mass is 227 g/mol. The molecule has 0 spiro atoms. The molecule has 16 heavy (non-hydrogen) atoms. The highest BCUT2D eigenvalue weighted by Gasteiger charge is 2.44. The fourth-order valence-corrected chi connectivity index (χ4v) is 2.98. The first-order chi connectivity index (χ1) is 7.76. The van der Waals surface area contributed by atoms with Crippen LogP contribution in [0.2, 0.25) is 0 Å². The number of hydrogen-bond donors (Lipinski definition) is 1. The molecule has 0 aromatic heterocycles. The second-order valence-electron chi connectivity index (χ2n) is 4.85. The molecule has 2 aliphatic rings. The van der Waals surface area contributed by atoms with Crippen molar-refractivity contribution in [3.63, 3.8) is 0 Å². The Labute approximate surface area is 96.6 Å². The summed E-state index contributed by atoms with van der Waals surface area (Å²) in [6.45, 7) is 3.08. The summed E-state index contributed by atoms with van der Waals surface area (Å²) in [7, 11) is 0. The molecule has 0 aromatic rings. The lowest BCUT2D eigenvalue weighted by molar-refractivity contribution is -0.154. The Morgan fingerprint density at radius 3 is 2.50 bits per heavy atom. The van der Waals surface area contributed by atoms with E-state index in [1.807, 2.05) is 0 Å². The first kappa shape index (κ1) is 11.9. The molecule has 1 aliphatic carbocycles. The van der Waals surface area contributed by atoms with E-state index < -0.39 is 11.5 Å². The molecule has 0 radical (unpaired) electrons. The summed E-state index contributed by atoms with van der Waals surface area (Å²) in [4.78, 5) is 13.8. The van der Waals surface area contributed by atoms with Gasteiger partial charge in [0.25, 0.3) is 0 Å². The third-order valence-electron chi connectivity index (χ3n) is 3.91. The van der Waals surface area contributed by atoms with Gasteiger partial charge < -0.3 is 9.84 Å². The standard InChI is InChI=1S/C12H21NO3/c14-11(15)12(5-2-1-3-6-12)13-7-4-9-16-10-8-13/h1-10H2,(H,14,15). The van der Waals surface area contributed by atoms with Gasteiger partial charge in [-0.05, 0) is 19.3 Å². The quantitative estimate of drug-likeness (QED) is 0.776. The Balaban J connectivity index is 2.12. The van der Waals surface area contributed by atoms with Gasteiger partial charge in [0.15, 0.2) is 0 Å². The third-order valence-corrected chi connectivity index (χ3v) is 3.91. The van der Waals surface area contributed by atoms with E-state index in [0.29, 0.717) is 6.61 Å². The van der Waals surface area contributed by atoms with Crippen molar-refractivity contribution < 1.29 is 14.6 Å². The van der Waals surface area contributed by atoms with Crippen molar-refractivity contribution in [2.75, 3.05) is 26.3 Å². The molecule has 4 heteroatoms. The highest BCUT2D eigenvalue weighted by Crippen LogP contribution is 2.34. The number of rotatable bonds is 2. The smallest absolute Gasteiger partial charge is 0.324 e. The van der Waals surface area contributed by atoms with E-state index in [2.05, 4.69) is 4.90 Å².